The van der Waals surface area contributed by atoms with E-state index in [0.717, 1.165) is 16.6 Å². The van der Waals surface area contributed by atoms with Gasteiger partial charge in [0, 0.05) is 18.3 Å². The van der Waals surface area contributed by atoms with E-state index in [1.165, 1.54) is 29.2 Å². The smallest absolute Gasteiger partial charge is 0.353 e. The summed E-state index contributed by atoms with van der Waals surface area (Å²) in [5.74, 6) is -1.79. The number of carboxylic acids is 1. The van der Waals surface area contributed by atoms with Crippen LogP contribution in [-0.4, -0.2) is 30.6 Å². The van der Waals surface area contributed by atoms with Gasteiger partial charge < -0.3 is 24.1 Å². The largest absolute Gasteiger partial charge is 0.477 e. The van der Waals surface area contributed by atoms with E-state index < -0.39 is 17.3 Å². The maximum Gasteiger partial charge on any atom is 0.353 e. The molecule has 6 aromatic rings. The van der Waals surface area contributed by atoms with Gasteiger partial charge in [-0.15, -0.1) is 0 Å². The number of hydrogen-bond acceptors (Lipinski definition) is 4. The number of imidazole rings is 1. The molecule has 2 aromatic carbocycles. The van der Waals surface area contributed by atoms with E-state index in [0.29, 0.717) is 10.9 Å². The second-order valence-electron chi connectivity index (χ2n) is 7.70. The number of pyridine rings is 1. The van der Waals surface area contributed by atoms with Crippen LogP contribution in [0.15, 0.2) is 70.5 Å². The lowest BCUT2D eigenvalue weighted by atomic mass is 10.0. The van der Waals surface area contributed by atoms with Crippen molar-refractivity contribution in [3.05, 3.63) is 88.7 Å². The second kappa shape index (κ2) is 6.92. The van der Waals surface area contributed by atoms with Crippen LogP contribution >= 0.6 is 0 Å². The summed E-state index contributed by atoms with van der Waals surface area (Å²) in [7, 11) is 0. The SMILES string of the molecule is O=C(O)c1c(-c2ccc[nH]c2=O)c2c3occc3c(F)cc2n1Cc1ccc2nc[nH]c2c1. The number of furan rings is 1. The quantitative estimate of drug-likeness (QED) is 0.372. The fourth-order valence-corrected chi connectivity index (χ4v) is 4.44. The lowest BCUT2D eigenvalue weighted by molar-refractivity contribution is 0.0687. The molecule has 0 unspecified atom stereocenters. The summed E-state index contributed by atoms with van der Waals surface area (Å²) in [5.41, 5.74) is 2.60. The zero-order chi connectivity index (χ0) is 22.7. The Morgan fingerprint density at radius 2 is 2.06 bits per heavy atom. The van der Waals surface area contributed by atoms with Gasteiger partial charge in [0.15, 0.2) is 0 Å². The molecule has 0 amide bonds. The fraction of sp³-hybridized carbons (Fsp3) is 0.0417. The summed E-state index contributed by atoms with van der Waals surface area (Å²) in [5, 5.41) is 10.8. The zero-order valence-electron chi connectivity index (χ0n) is 16.9. The first-order valence-corrected chi connectivity index (χ1v) is 10.1. The number of benzene rings is 2. The standard InChI is InChI=1S/C24H15FN4O4/c25-15-9-18-20(22-13(15)5-7-33-22)19(14-2-1-6-26-23(14)30)21(24(31)32)29(18)10-12-3-4-16-17(8-12)28-11-27-16/h1-9,11H,10H2,(H,26,30)(H,27,28)(H,31,32). The van der Waals surface area contributed by atoms with Crippen molar-refractivity contribution in [2.75, 3.05) is 0 Å². The summed E-state index contributed by atoms with van der Waals surface area (Å²) in [6, 6.07) is 11.4. The van der Waals surface area contributed by atoms with Crippen molar-refractivity contribution >= 4 is 38.9 Å². The van der Waals surface area contributed by atoms with E-state index >= 15 is 0 Å². The minimum absolute atomic E-state index is 0.128. The van der Waals surface area contributed by atoms with Gasteiger partial charge in [-0.1, -0.05) is 6.07 Å². The summed E-state index contributed by atoms with van der Waals surface area (Å²) in [6.07, 6.45) is 4.38. The highest BCUT2D eigenvalue weighted by Crippen LogP contribution is 2.40. The average Bonchev–Trinajstić information content (AvgIpc) is 3.52. The molecular formula is C24H15FN4O4. The Kier molecular flexibility index (Phi) is 4.00. The van der Waals surface area contributed by atoms with Crippen molar-refractivity contribution in [3.63, 3.8) is 0 Å². The Labute approximate surface area is 183 Å². The average molecular weight is 442 g/mol. The van der Waals surface area contributed by atoms with Crippen molar-refractivity contribution in [2.24, 2.45) is 0 Å². The number of halogens is 1. The predicted molar refractivity (Wildman–Crippen MR) is 120 cm³/mol. The van der Waals surface area contributed by atoms with Crippen LogP contribution < -0.4 is 5.56 Å². The van der Waals surface area contributed by atoms with E-state index in [1.54, 1.807) is 18.5 Å². The molecule has 0 aliphatic heterocycles. The molecule has 4 heterocycles. The number of nitrogens with zero attached hydrogens (tertiary/aromatic N) is 2. The van der Waals surface area contributed by atoms with Crippen LogP contribution in [0.3, 0.4) is 0 Å². The molecule has 9 heteroatoms. The van der Waals surface area contributed by atoms with E-state index in [4.69, 9.17) is 4.42 Å². The van der Waals surface area contributed by atoms with Crippen molar-refractivity contribution in [1.29, 1.82) is 0 Å². The maximum atomic E-state index is 15.0. The molecular weight excluding hydrogens is 427 g/mol. The molecule has 3 N–H and O–H groups in total. The summed E-state index contributed by atoms with van der Waals surface area (Å²) in [4.78, 5) is 35.0. The van der Waals surface area contributed by atoms with Crippen LogP contribution in [0.4, 0.5) is 4.39 Å². The first-order chi connectivity index (χ1) is 16.0. The van der Waals surface area contributed by atoms with Crippen molar-refractivity contribution in [3.8, 4) is 11.1 Å². The van der Waals surface area contributed by atoms with E-state index in [1.807, 2.05) is 18.2 Å². The van der Waals surface area contributed by atoms with Gasteiger partial charge in [-0.25, -0.2) is 14.2 Å². The molecule has 0 spiro atoms. The number of rotatable bonds is 4. The topological polar surface area (TPSA) is 117 Å². The normalized spacial score (nSPS) is 11.7. The molecule has 0 radical (unpaired) electrons. The summed E-state index contributed by atoms with van der Waals surface area (Å²) < 4.78 is 22.0. The minimum atomic E-state index is -1.24. The van der Waals surface area contributed by atoms with E-state index in [2.05, 4.69) is 15.0 Å². The monoisotopic (exact) mass is 442 g/mol. The summed E-state index contributed by atoms with van der Waals surface area (Å²) in [6.45, 7) is 0.128. The van der Waals surface area contributed by atoms with Gasteiger partial charge in [0.05, 0.1) is 45.5 Å². The molecule has 0 fully saturated rings. The number of fused-ring (bicyclic) bond motifs is 4. The van der Waals surface area contributed by atoms with Crippen LogP contribution in [0, 0.1) is 5.82 Å². The highest BCUT2D eigenvalue weighted by atomic mass is 19.1. The maximum absolute atomic E-state index is 15.0. The second-order valence-corrected chi connectivity index (χ2v) is 7.70. The minimum Gasteiger partial charge on any atom is -0.477 e. The first-order valence-electron chi connectivity index (χ1n) is 10.1. The molecule has 0 aliphatic rings. The predicted octanol–water partition coefficient (Wildman–Crippen LogP) is 4.50. The molecule has 162 valence electrons. The number of nitrogens with one attached hydrogen (secondary N) is 2. The Morgan fingerprint density at radius 3 is 2.88 bits per heavy atom. The van der Waals surface area contributed by atoms with E-state index in [9.17, 15) is 19.1 Å². The lowest BCUT2D eigenvalue weighted by Gasteiger charge is -2.10. The van der Waals surface area contributed by atoms with Crippen molar-refractivity contribution in [2.45, 2.75) is 6.54 Å². The van der Waals surface area contributed by atoms with Crippen molar-refractivity contribution < 1.29 is 18.7 Å². The molecule has 0 atom stereocenters. The molecule has 0 saturated carbocycles. The number of aromatic nitrogens is 4. The lowest BCUT2D eigenvalue weighted by Crippen LogP contribution is -2.13. The number of aromatic amines is 2. The van der Waals surface area contributed by atoms with Gasteiger partial charge in [-0.2, -0.15) is 0 Å². The van der Waals surface area contributed by atoms with Crippen LogP contribution in [0.2, 0.25) is 0 Å². The van der Waals surface area contributed by atoms with Gasteiger partial charge in [0.25, 0.3) is 5.56 Å². The molecule has 4 aromatic heterocycles. The zero-order valence-corrected chi connectivity index (χ0v) is 16.9. The van der Waals surface area contributed by atoms with Crippen molar-refractivity contribution in [1.82, 2.24) is 19.5 Å². The van der Waals surface area contributed by atoms with Crippen LogP contribution in [0.1, 0.15) is 16.1 Å². The Hall–Kier alpha value is -4.66. The number of H-pyrrole nitrogens is 2. The highest BCUT2D eigenvalue weighted by molar-refractivity contribution is 6.17. The highest BCUT2D eigenvalue weighted by Gasteiger charge is 2.28. The third kappa shape index (κ3) is 2.79. The molecule has 0 aliphatic carbocycles. The van der Waals surface area contributed by atoms with Gasteiger partial charge in [-0.3, -0.25) is 4.79 Å². The molecule has 33 heavy (non-hydrogen) atoms. The Morgan fingerprint density at radius 1 is 1.18 bits per heavy atom. The van der Waals surface area contributed by atoms with Crippen LogP contribution in [0.5, 0.6) is 0 Å². The number of carboxylic acid groups (broad SMARTS) is 1. The fourth-order valence-electron chi connectivity index (χ4n) is 4.44. The molecule has 0 bridgehead atoms. The van der Waals surface area contributed by atoms with E-state index in [-0.39, 0.29) is 34.3 Å². The van der Waals surface area contributed by atoms with Crippen LogP contribution in [0.25, 0.3) is 44.0 Å². The first kappa shape index (κ1) is 19.1. The van der Waals surface area contributed by atoms with Crippen LogP contribution in [-0.2, 0) is 6.54 Å². The number of carbonyl (C=O) groups is 1. The number of aromatic carboxylic acids is 1. The summed E-state index contributed by atoms with van der Waals surface area (Å²) >= 11 is 0. The molecule has 0 saturated heterocycles. The number of hydrogen-bond donors (Lipinski definition) is 3. The molecule has 8 nitrogen and oxygen atoms in total. The van der Waals surface area contributed by atoms with Gasteiger partial charge in [-0.05, 0) is 42.0 Å². The van der Waals surface area contributed by atoms with Gasteiger partial charge in [0.2, 0.25) is 0 Å². The Balaban J connectivity index is 1.74. The van der Waals surface area contributed by atoms with Gasteiger partial charge >= 0.3 is 5.97 Å². The molecule has 6 rings (SSSR count). The third-order valence-electron chi connectivity index (χ3n) is 5.83. The van der Waals surface area contributed by atoms with Gasteiger partial charge in [0.1, 0.15) is 17.1 Å². The third-order valence-corrected chi connectivity index (χ3v) is 5.83. The Bertz CT molecular complexity index is 1770.